The minimum Gasteiger partial charge on any atom is -0.380 e. The molecule has 1 aliphatic rings. The van der Waals surface area contributed by atoms with Gasteiger partial charge in [-0.3, -0.25) is 0 Å². The van der Waals surface area contributed by atoms with E-state index in [2.05, 4.69) is 22.9 Å². The van der Waals surface area contributed by atoms with E-state index in [4.69, 9.17) is 4.74 Å². The molecule has 0 aromatic rings. The predicted molar refractivity (Wildman–Crippen MR) is 37.0 cm³/mol. The Morgan fingerprint density at radius 3 is 2.75 bits per heavy atom. The van der Waals surface area contributed by atoms with E-state index >= 15 is 0 Å². The largest absolute Gasteiger partial charge is 0.380 e. The highest BCUT2D eigenvalue weighted by atomic mass is 79.9. The highest BCUT2D eigenvalue weighted by Gasteiger charge is 2.17. The first-order chi connectivity index (χ1) is 3.80. The van der Waals surface area contributed by atoms with Crippen molar-refractivity contribution in [1.29, 1.82) is 0 Å². The van der Waals surface area contributed by atoms with E-state index in [1.165, 1.54) is 0 Å². The zero-order chi connectivity index (χ0) is 5.98. The number of hydrogen-bond donors (Lipinski definition) is 0. The van der Waals surface area contributed by atoms with Crippen LogP contribution in [-0.2, 0) is 4.74 Å². The number of alkyl halides is 1. The quantitative estimate of drug-likeness (QED) is 0.512. The van der Waals surface area contributed by atoms with Gasteiger partial charge in [0.15, 0.2) is 0 Å². The van der Waals surface area contributed by atoms with Gasteiger partial charge >= 0.3 is 0 Å². The average molecular weight is 178 g/mol. The monoisotopic (exact) mass is 177 g/mol. The lowest BCUT2D eigenvalue weighted by atomic mass is 10.0. The molecule has 1 aliphatic heterocycles. The van der Waals surface area contributed by atoms with Gasteiger partial charge in [-0.1, -0.05) is 15.9 Å². The smallest absolute Gasteiger partial charge is 0.0594 e. The summed E-state index contributed by atoms with van der Waals surface area (Å²) >= 11 is 3.47. The van der Waals surface area contributed by atoms with Crippen LogP contribution >= 0.6 is 15.9 Å². The Balaban J connectivity index is 2.28. The fourth-order valence-corrected chi connectivity index (χ4v) is 1.20. The lowest BCUT2D eigenvalue weighted by Crippen LogP contribution is -2.25. The minimum atomic E-state index is 0.483. The molecule has 2 heteroatoms. The highest BCUT2D eigenvalue weighted by Crippen LogP contribution is 2.20. The van der Waals surface area contributed by atoms with Gasteiger partial charge in [-0.25, -0.2) is 0 Å². The molecule has 0 N–H and O–H groups in total. The normalized spacial score (nSPS) is 39.8. The molecule has 2 unspecified atom stereocenters. The number of halogens is 1. The third kappa shape index (κ3) is 1.46. The van der Waals surface area contributed by atoms with Crippen LogP contribution in [0.15, 0.2) is 0 Å². The van der Waals surface area contributed by atoms with Crippen molar-refractivity contribution in [3.63, 3.8) is 0 Å². The lowest BCUT2D eigenvalue weighted by Gasteiger charge is -2.23. The van der Waals surface area contributed by atoms with Gasteiger partial charge in [-0.2, -0.15) is 0 Å². The summed E-state index contributed by atoms with van der Waals surface area (Å²) in [6, 6.07) is 0. The summed E-state index contributed by atoms with van der Waals surface area (Å²) in [6.07, 6.45) is 1.09. The van der Waals surface area contributed by atoms with Crippen molar-refractivity contribution in [2.75, 3.05) is 13.2 Å². The summed E-state index contributed by atoms with van der Waals surface area (Å²) in [7, 11) is 0. The zero-order valence-electron chi connectivity index (χ0n) is 4.77. The first kappa shape index (κ1) is 6.56. The lowest BCUT2D eigenvalue weighted by molar-refractivity contribution is 0.0849. The molecule has 0 aromatic heterocycles. The van der Waals surface area contributed by atoms with Crippen LogP contribution in [0.1, 0.15) is 6.42 Å². The average Bonchev–Trinajstić information content (AvgIpc) is 1.77. The number of rotatable bonds is 0. The molecule has 0 aromatic carbocycles. The van der Waals surface area contributed by atoms with E-state index < -0.39 is 0 Å². The van der Waals surface area contributed by atoms with Crippen molar-refractivity contribution in [1.82, 2.24) is 0 Å². The summed E-state index contributed by atoms with van der Waals surface area (Å²) in [4.78, 5) is 0.483. The Morgan fingerprint density at radius 2 is 2.38 bits per heavy atom. The van der Waals surface area contributed by atoms with Crippen LogP contribution in [0, 0.1) is 12.8 Å². The Labute approximate surface area is 58.5 Å². The fourth-order valence-electron chi connectivity index (χ4n) is 0.748. The molecule has 47 valence electrons. The van der Waals surface area contributed by atoms with Crippen LogP contribution in [0.2, 0.25) is 0 Å². The van der Waals surface area contributed by atoms with E-state index in [-0.39, 0.29) is 0 Å². The van der Waals surface area contributed by atoms with Gasteiger partial charge in [-0.15, -0.1) is 0 Å². The molecule has 2 atom stereocenters. The molecule has 1 nitrogen and oxygen atoms in total. The standard InChI is InChI=1S/C6H10BrO/c1-5-2-3-8-4-6(5)7/h5-6H,1-4H2. The summed E-state index contributed by atoms with van der Waals surface area (Å²) < 4.78 is 5.17. The Bertz CT molecular complexity index is 64.9. The SMILES string of the molecule is [CH2]C1CCOCC1Br. The molecule has 1 heterocycles. The van der Waals surface area contributed by atoms with Gasteiger partial charge < -0.3 is 4.74 Å². The first-order valence-corrected chi connectivity index (χ1v) is 3.77. The molecule has 0 spiro atoms. The van der Waals surface area contributed by atoms with E-state index in [1.54, 1.807) is 0 Å². The summed E-state index contributed by atoms with van der Waals surface area (Å²) in [5.74, 6) is 0.545. The third-order valence-corrected chi connectivity index (χ3v) is 2.43. The van der Waals surface area contributed by atoms with Crippen molar-refractivity contribution in [3.8, 4) is 0 Å². The molecule has 0 amide bonds. The van der Waals surface area contributed by atoms with Gasteiger partial charge in [0.2, 0.25) is 0 Å². The maximum absolute atomic E-state index is 5.17. The van der Waals surface area contributed by atoms with Crippen molar-refractivity contribution in [2.24, 2.45) is 5.92 Å². The van der Waals surface area contributed by atoms with E-state index in [0.29, 0.717) is 10.7 Å². The van der Waals surface area contributed by atoms with Gasteiger partial charge in [0, 0.05) is 11.4 Å². The molecule has 1 saturated heterocycles. The van der Waals surface area contributed by atoms with Crippen molar-refractivity contribution < 1.29 is 4.74 Å². The molecule has 0 bridgehead atoms. The van der Waals surface area contributed by atoms with Crippen molar-refractivity contribution in [2.45, 2.75) is 11.2 Å². The Kier molecular flexibility index (Phi) is 2.32. The van der Waals surface area contributed by atoms with Gasteiger partial charge in [-0.05, 0) is 19.3 Å². The van der Waals surface area contributed by atoms with Crippen LogP contribution in [0.5, 0.6) is 0 Å². The number of ether oxygens (including phenoxy) is 1. The second kappa shape index (κ2) is 2.83. The predicted octanol–water partition coefficient (Wildman–Crippen LogP) is 1.62. The summed E-state index contributed by atoms with van der Waals surface area (Å²) in [6.45, 7) is 5.66. The maximum Gasteiger partial charge on any atom is 0.0594 e. The summed E-state index contributed by atoms with van der Waals surface area (Å²) in [5.41, 5.74) is 0. The molecule has 0 aliphatic carbocycles. The van der Waals surface area contributed by atoms with Crippen LogP contribution < -0.4 is 0 Å². The van der Waals surface area contributed by atoms with E-state index in [0.717, 1.165) is 19.6 Å². The van der Waals surface area contributed by atoms with Gasteiger partial charge in [0.05, 0.1) is 6.61 Å². The Morgan fingerprint density at radius 1 is 1.62 bits per heavy atom. The van der Waals surface area contributed by atoms with Crippen LogP contribution in [0.25, 0.3) is 0 Å². The van der Waals surface area contributed by atoms with E-state index in [1.807, 2.05) is 0 Å². The highest BCUT2D eigenvalue weighted by molar-refractivity contribution is 9.09. The molecule has 1 radical (unpaired) electrons. The minimum absolute atomic E-state index is 0.483. The molecule has 0 saturated carbocycles. The van der Waals surface area contributed by atoms with Crippen molar-refractivity contribution in [3.05, 3.63) is 6.92 Å². The molecule has 8 heavy (non-hydrogen) atoms. The molecule has 1 rings (SSSR count). The third-order valence-electron chi connectivity index (χ3n) is 1.42. The fraction of sp³-hybridized carbons (Fsp3) is 0.833. The van der Waals surface area contributed by atoms with E-state index in [9.17, 15) is 0 Å². The second-order valence-electron chi connectivity index (χ2n) is 2.14. The zero-order valence-corrected chi connectivity index (χ0v) is 6.36. The molecular weight excluding hydrogens is 168 g/mol. The van der Waals surface area contributed by atoms with Crippen LogP contribution in [-0.4, -0.2) is 18.0 Å². The maximum atomic E-state index is 5.17. The molecule has 1 fully saturated rings. The topological polar surface area (TPSA) is 9.23 Å². The van der Waals surface area contributed by atoms with Crippen molar-refractivity contribution >= 4 is 15.9 Å². The van der Waals surface area contributed by atoms with Gasteiger partial charge in [0.1, 0.15) is 0 Å². The summed E-state index contributed by atoms with van der Waals surface area (Å²) in [5, 5.41) is 0. The number of hydrogen-bond acceptors (Lipinski definition) is 1. The second-order valence-corrected chi connectivity index (χ2v) is 3.32. The van der Waals surface area contributed by atoms with Crippen LogP contribution in [0.3, 0.4) is 0 Å². The Hall–Kier alpha value is 0.440. The first-order valence-electron chi connectivity index (χ1n) is 2.85. The van der Waals surface area contributed by atoms with Crippen LogP contribution in [0.4, 0.5) is 0 Å². The van der Waals surface area contributed by atoms with Gasteiger partial charge in [0.25, 0.3) is 0 Å². The molecular formula is C6H10BrO.